The summed E-state index contributed by atoms with van der Waals surface area (Å²) in [6.45, 7) is 1.89. The van der Waals surface area contributed by atoms with E-state index in [4.69, 9.17) is 0 Å². The van der Waals surface area contributed by atoms with Gasteiger partial charge in [0.15, 0.2) is 0 Å². The lowest BCUT2D eigenvalue weighted by Gasteiger charge is -1.96. The first-order valence-corrected chi connectivity index (χ1v) is 5.30. The normalized spacial score (nSPS) is 10.2. The van der Waals surface area contributed by atoms with Gasteiger partial charge in [-0.1, -0.05) is 41.7 Å². The molecule has 0 aliphatic carbocycles. The molecule has 0 radical (unpaired) electrons. The van der Waals surface area contributed by atoms with Gasteiger partial charge in [0, 0.05) is 10.9 Å². The summed E-state index contributed by atoms with van der Waals surface area (Å²) >= 11 is 1.22. The molecule has 76 valence electrons. The van der Waals surface area contributed by atoms with Gasteiger partial charge in [0.25, 0.3) is 0 Å². The van der Waals surface area contributed by atoms with Crippen LogP contribution in [0.25, 0.3) is 10.4 Å². The van der Waals surface area contributed by atoms with Crippen molar-refractivity contribution in [3.8, 4) is 10.4 Å². The van der Waals surface area contributed by atoms with Crippen LogP contribution < -0.4 is 0 Å². The van der Waals surface area contributed by atoms with E-state index in [-0.39, 0.29) is 9.92 Å². The lowest BCUT2D eigenvalue weighted by molar-refractivity contribution is -0.380. The Kier molecular flexibility index (Phi) is 2.51. The predicted octanol–water partition coefficient (Wildman–Crippen LogP) is 3.63. The van der Waals surface area contributed by atoms with Crippen LogP contribution in [0.1, 0.15) is 5.56 Å². The first-order chi connectivity index (χ1) is 7.18. The summed E-state index contributed by atoms with van der Waals surface area (Å²) in [5.41, 5.74) is 1.99. The number of benzene rings is 1. The number of hydrogen-bond acceptors (Lipinski definition) is 3. The summed E-state index contributed by atoms with van der Waals surface area (Å²) in [6, 6.07) is 11.3. The molecule has 0 atom stereocenters. The average molecular weight is 219 g/mol. The van der Waals surface area contributed by atoms with Crippen molar-refractivity contribution in [2.24, 2.45) is 0 Å². The van der Waals surface area contributed by atoms with Gasteiger partial charge in [-0.2, -0.15) is 0 Å². The Bertz CT molecular complexity index is 491. The minimum absolute atomic E-state index is 0.200. The van der Waals surface area contributed by atoms with Crippen LogP contribution >= 0.6 is 11.3 Å². The zero-order chi connectivity index (χ0) is 10.8. The minimum Gasteiger partial charge on any atom is -0.258 e. The Morgan fingerprint density at radius 3 is 2.47 bits per heavy atom. The van der Waals surface area contributed by atoms with Gasteiger partial charge < -0.3 is 0 Å². The van der Waals surface area contributed by atoms with E-state index in [1.54, 1.807) is 6.07 Å². The molecule has 0 saturated heterocycles. The maximum absolute atomic E-state index is 10.6. The molecule has 1 aromatic heterocycles. The third-order valence-corrected chi connectivity index (χ3v) is 3.36. The molecule has 0 N–H and O–H groups in total. The van der Waals surface area contributed by atoms with Crippen LogP contribution in [0.4, 0.5) is 5.00 Å². The first kappa shape index (κ1) is 9.86. The number of aryl methyl sites for hydroxylation is 1. The Hall–Kier alpha value is -1.68. The lowest BCUT2D eigenvalue weighted by Crippen LogP contribution is -1.80. The van der Waals surface area contributed by atoms with E-state index < -0.39 is 0 Å². The maximum atomic E-state index is 10.6. The van der Waals surface area contributed by atoms with Crippen LogP contribution in [-0.4, -0.2) is 4.92 Å². The molecule has 3 nitrogen and oxygen atoms in total. The molecule has 2 aromatic rings. The van der Waals surface area contributed by atoms with Crippen molar-refractivity contribution in [1.82, 2.24) is 0 Å². The smallest absolute Gasteiger partial charge is 0.258 e. The Morgan fingerprint density at radius 1 is 1.27 bits per heavy atom. The standard InChI is InChI=1S/C11H9NO2S/c1-8-7-10(12(13)14)15-11(8)9-5-3-2-4-6-9/h2-7H,1H3. The summed E-state index contributed by atoms with van der Waals surface area (Å²) in [5, 5.41) is 10.8. The fourth-order valence-electron chi connectivity index (χ4n) is 1.43. The van der Waals surface area contributed by atoms with E-state index in [2.05, 4.69) is 0 Å². The minimum atomic E-state index is -0.343. The van der Waals surface area contributed by atoms with Gasteiger partial charge in [-0.15, -0.1) is 0 Å². The first-order valence-electron chi connectivity index (χ1n) is 4.49. The van der Waals surface area contributed by atoms with Gasteiger partial charge in [-0.05, 0) is 18.1 Å². The van der Waals surface area contributed by atoms with Gasteiger partial charge in [-0.25, -0.2) is 0 Å². The molecule has 0 aliphatic heterocycles. The average Bonchev–Trinajstić information content (AvgIpc) is 2.62. The fourth-order valence-corrected chi connectivity index (χ4v) is 2.42. The summed E-state index contributed by atoms with van der Waals surface area (Å²) in [7, 11) is 0. The van der Waals surface area contributed by atoms with Crippen LogP contribution in [0.3, 0.4) is 0 Å². The highest BCUT2D eigenvalue weighted by molar-refractivity contribution is 7.18. The van der Waals surface area contributed by atoms with Crippen molar-refractivity contribution in [3.05, 3.63) is 52.1 Å². The van der Waals surface area contributed by atoms with Crippen molar-refractivity contribution in [2.45, 2.75) is 6.92 Å². The van der Waals surface area contributed by atoms with Gasteiger partial charge in [0.05, 0.1) is 4.92 Å². The van der Waals surface area contributed by atoms with Crippen molar-refractivity contribution in [3.63, 3.8) is 0 Å². The molecule has 0 saturated carbocycles. The van der Waals surface area contributed by atoms with Gasteiger partial charge in [-0.3, -0.25) is 10.1 Å². The molecule has 2 rings (SSSR count). The molecule has 0 fully saturated rings. The van der Waals surface area contributed by atoms with E-state index in [0.29, 0.717) is 0 Å². The Morgan fingerprint density at radius 2 is 1.93 bits per heavy atom. The number of nitro groups is 1. The van der Waals surface area contributed by atoms with Crippen molar-refractivity contribution < 1.29 is 4.92 Å². The SMILES string of the molecule is Cc1cc([N+](=O)[O-])sc1-c1ccccc1. The van der Waals surface area contributed by atoms with Crippen molar-refractivity contribution in [1.29, 1.82) is 0 Å². The highest BCUT2D eigenvalue weighted by Gasteiger charge is 2.14. The molecule has 0 spiro atoms. The van der Waals surface area contributed by atoms with Crippen LogP contribution in [0.2, 0.25) is 0 Å². The molecule has 1 heterocycles. The highest BCUT2D eigenvalue weighted by atomic mass is 32.1. The molecule has 4 heteroatoms. The van der Waals surface area contributed by atoms with Gasteiger partial charge in [0.1, 0.15) is 0 Å². The third kappa shape index (κ3) is 1.89. The van der Waals surface area contributed by atoms with Crippen LogP contribution in [0.5, 0.6) is 0 Å². The predicted molar refractivity (Wildman–Crippen MR) is 61.1 cm³/mol. The van der Waals surface area contributed by atoms with Crippen LogP contribution in [-0.2, 0) is 0 Å². The molecule has 0 unspecified atom stereocenters. The summed E-state index contributed by atoms with van der Waals surface area (Å²) in [4.78, 5) is 11.2. The lowest BCUT2D eigenvalue weighted by atomic mass is 10.1. The number of rotatable bonds is 2. The third-order valence-electron chi connectivity index (χ3n) is 2.12. The highest BCUT2D eigenvalue weighted by Crippen LogP contribution is 2.36. The molecule has 15 heavy (non-hydrogen) atoms. The Balaban J connectivity index is 2.50. The number of thiophene rings is 1. The van der Waals surface area contributed by atoms with E-state index in [1.165, 1.54) is 11.3 Å². The topological polar surface area (TPSA) is 43.1 Å². The van der Waals surface area contributed by atoms with Crippen molar-refractivity contribution in [2.75, 3.05) is 0 Å². The fraction of sp³-hybridized carbons (Fsp3) is 0.0909. The maximum Gasteiger partial charge on any atom is 0.324 e. The van der Waals surface area contributed by atoms with Gasteiger partial charge >= 0.3 is 5.00 Å². The molecule has 0 amide bonds. The van der Waals surface area contributed by atoms with E-state index in [9.17, 15) is 10.1 Å². The molecular weight excluding hydrogens is 210 g/mol. The number of nitrogens with zero attached hydrogens (tertiary/aromatic N) is 1. The van der Waals surface area contributed by atoms with Gasteiger partial charge in [0.2, 0.25) is 0 Å². The second kappa shape index (κ2) is 3.82. The summed E-state index contributed by atoms with van der Waals surface area (Å²) in [5.74, 6) is 0. The molecule has 1 aromatic carbocycles. The second-order valence-corrected chi connectivity index (χ2v) is 4.25. The molecule has 0 aliphatic rings. The molecular formula is C11H9NO2S. The number of hydrogen-bond donors (Lipinski definition) is 0. The van der Waals surface area contributed by atoms with E-state index in [1.807, 2.05) is 37.3 Å². The van der Waals surface area contributed by atoms with Crippen molar-refractivity contribution >= 4 is 16.3 Å². The monoisotopic (exact) mass is 219 g/mol. The van der Waals surface area contributed by atoms with Crippen LogP contribution in [0, 0.1) is 17.0 Å². The summed E-state index contributed by atoms with van der Waals surface area (Å²) in [6.07, 6.45) is 0. The molecule has 0 bridgehead atoms. The van der Waals surface area contributed by atoms with E-state index in [0.717, 1.165) is 16.0 Å². The Labute approximate surface area is 91.1 Å². The zero-order valence-corrected chi connectivity index (χ0v) is 8.95. The van der Waals surface area contributed by atoms with E-state index >= 15 is 0 Å². The largest absolute Gasteiger partial charge is 0.324 e. The quantitative estimate of drug-likeness (QED) is 0.571. The zero-order valence-electron chi connectivity index (χ0n) is 8.14. The second-order valence-electron chi connectivity index (χ2n) is 3.22. The summed E-state index contributed by atoms with van der Waals surface area (Å²) < 4.78 is 0. The van der Waals surface area contributed by atoms with Crippen LogP contribution in [0.15, 0.2) is 36.4 Å².